The standard InChI is InChI=1S/C14H14ClN3O3/c1-21-14-17-11(15)8-12(18-14)16-7-6-9-2-4-10(5-3-9)13(19)20/h2-5,8H,6-7H2,1H3,(H,19,20)(H,16,17,18). The largest absolute Gasteiger partial charge is 0.478 e. The van der Waals surface area contributed by atoms with Gasteiger partial charge in [-0.3, -0.25) is 0 Å². The third kappa shape index (κ3) is 4.32. The lowest BCUT2D eigenvalue weighted by atomic mass is 10.1. The van der Waals surface area contributed by atoms with E-state index in [2.05, 4.69) is 15.3 Å². The Bertz CT molecular complexity index is 632. The first kappa shape index (κ1) is 15.1. The minimum absolute atomic E-state index is 0.204. The maximum atomic E-state index is 10.8. The van der Waals surface area contributed by atoms with E-state index >= 15 is 0 Å². The molecule has 2 aromatic rings. The molecule has 2 rings (SSSR count). The summed E-state index contributed by atoms with van der Waals surface area (Å²) in [5.41, 5.74) is 1.30. The molecule has 0 bridgehead atoms. The molecule has 110 valence electrons. The van der Waals surface area contributed by atoms with Crippen molar-refractivity contribution in [1.29, 1.82) is 0 Å². The van der Waals surface area contributed by atoms with Crippen LogP contribution in [0.5, 0.6) is 6.01 Å². The number of benzene rings is 1. The highest BCUT2D eigenvalue weighted by Gasteiger charge is 2.04. The monoisotopic (exact) mass is 307 g/mol. The molecule has 0 amide bonds. The van der Waals surface area contributed by atoms with Gasteiger partial charge in [0.05, 0.1) is 12.7 Å². The molecule has 0 saturated carbocycles. The normalized spacial score (nSPS) is 10.2. The summed E-state index contributed by atoms with van der Waals surface area (Å²) in [5.74, 6) is -0.351. The van der Waals surface area contributed by atoms with Crippen molar-refractivity contribution in [3.05, 3.63) is 46.6 Å². The first-order valence-corrected chi connectivity index (χ1v) is 6.61. The Kier molecular flexibility index (Phi) is 4.94. The number of hydrogen-bond donors (Lipinski definition) is 2. The molecule has 0 spiro atoms. The molecule has 1 aromatic heterocycles. The van der Waals surface area contributed by atoms with Crippen LogP contribution in [0.25, 0.3) is 0 Å². The molecule has 1 heterocycles. The fourth-order valence-electron chi connectivity index (χ4n) is 1.73. The van der Waals surface area contributed by atoms with Crippen molar-refractivity contribution >= 4 is 23.4 Å². The number of ether oxygens (including phenoxy) is 1. The zero-order chi connectivity index (χ0) is 15.2. The lowest BCUT2D eigenvalue weighted by Crippen LogP contribution is -2.07. The highest BCUT2D eigenvalue weighted by atomic mass is 35.5. The van der Waals surface area contributed by atoms with Crippen molar-refractivity contribution in [3.8, 4) is 6.01 Å². The smallest absolute Gasteiger partial charge is 0.335 e. The van der Waals surface area contributed by atoms with Crippen LogP contribution in [0.3, 0.4) is 0 Å². The maximum absolute atomic E-state index is 10.8. The van der Waals surface area contributed by atoms with E-state index in [1.165, 1.54) is 7.11 Å². The van der Waals surface area contributed by atoms with Gasteiger partial charge in [0.25, 0.3) is 0 Å². The van der Waals surface area contributed by atoms with Crippen LogP contribution < -0.4 is 10.1 Å². The van der Waals surface area contributed by atoms with Crippen molar-refractivity contribution in [2.24, 2.45) is 0 Å². The molecule has 6 nitrogen and oxygen atoms in total. The fourth-order valence-corrected chi connectivity index (χ4v) is 1.90. The summed E-state index contributed by atoms with van der Waals surface area (Å²) >= 11 is 5.85. The van der Waals surface area contributed by atoms with E-state index < -0.39 is 5.97 Å². The van der Waals surface area contributed by atoms with Crippen molar-refractivity contribution < 1.29 is 14.6 Å². The highest BCUT2D eigenvalue weighted by molar-refractivity contribution is 6.29. The summed E-state index contributed by atoms with van der Waals surface area (Å²) in [6, 6.07) is 8.57. The third-order valence-electron chi connectivity index (χ3n) is 2.78. The van der Waals surface area contributed by atoms with Gasteiger partial charge in [-0.15, -0.1) is 0 Å². The van der Waals surface area contributed by atoms with Crippen molar-refractivity contribution in [3.63, 3.8) is 0 Å². The Morgan fingerprint density at radius 1 is 1.33 bits per heavy atom. The van der Waals surface area contributed by atoms with Crippen LogP contribution in [-0.4, -0.2) is 34.7 Å². The lowest BCUT2D eigenvalue weighted by Gasteiger charge is -2.07. The summed E-state index contributed by atoms with van der Waals surface area (Å²) in [6.45, 7) is 0.628. The van der Waals surface area contributed by atoms with E-state index in [0.29, 0.717) is 17.5 Å². The van der Waals surface area contributed by atoms with Gasteiger partial charge in [0, 0.05) is 12.6 Å². The average Bonchev–Trinajstić information content (AvgIpc) is 2.47. The predicted molar refractivity (Wildman–Crippen MR) is 79.2 cm³/mol. The molecular weight excluding hydrogens is 294 g/mol. The van der Waals surface area contributed by atoms with Crippen molar-refractivity contribution in [2.75, 3.05) is 19.0 Å². The molecule has 0 atom stereocenters. The molecule has 0 fully saturated rings. The molecule has 21 heavy (non-hydrogen) atoms. The molecule has 0 unspecified atom stereocenters. The second kappa shape index (κ2) is 6.90. The molecule has 0 aliphatic carbocycles. The average molecular weight is 308 g/mol. The van der Waals surface area contributed by atoms with Gasteiger partial charge < -0.3 is 15.2 Å². The molecule has 1 aromatic carbocycles. The van der Waals surface area contributed by atoms with Gasteiger partial charge in [0.2, 0.25) is 0 Å². The third-order valence-corrected chi connectivity index (χ3v) is 2.97. The predicted octanol–water partition coefficient (Wildman–Crippen LogP) is 2.49. The first-order chi connectivity index (χ1) is 10.1. The van der Waals surface area contributed by atoms with E-state index in [-0.39, 0.29) is 11.6 Å². The van der Waals surface area contributed by atoms with Crippen LogP contribution in [0, 0.1) is 0 Å². The Balaban J connectivity index is 1.92. The van der Waals surface area contributed by atoms with Gasteiger partial charge in [-0.05, 0) is 24.1 Å². The van der Waals surface area contributed by atoms with Crippen LogP contribution in [0.4, 0.5) is 5.82 Å². The number of methoxy groups -OCH3 is 1. The molecule has 0 aliphatic rings. The topological polar surface area (TPSA) is 84.3 Å². The van der Waals surface area contributed by atoms with Crippen molar-refractivity contribution in [2.45, 2.75) is 6.42 Å². The van der Waals surface area contributed by atoms with E-state index in [4.69, 9.17) is 21.4 Å². The number of carbonyl (C=O) groups is 1. The van der Waals surface area contributed by atoms with E-state index in [0.717, 1.165) is 12.0 Å². The molecular formula is C14H14ClN3O3. The second-order valence-electron chi connectivity index (χ2n) is 4.24. The van der Waals surface area contributed by atoms with E-state index in [1.807, 2.05) is 0 Å². The van der Waals surface area contributed by atoms with Gasteiger partial charge in [-0.1, -0.05) is 23.7 Å². The maximum Gasteiger partial charge on any atom is 0.335 e. The number of nitrogens with one attached hydrogen (secondary N) is 1. The van der Waals surface area contributed by atoms with Crippen LogP contribution in [0.15, 0.2) is 30.3 Å². The minimum atomic E-state index is -0.928. The van der Waals surface area contributed by atoms with E-state index in [1.54, 1.807) is 30.3 Å². The number of anilines is 1. The van der Waals surface area contributed by atoms with Crippen LogP contribution in [0.1, 0.15) is 15.9 Å². The number of halogens is 1. The first-order valence-electron chi connectivity index (χ1n) is 6.23. The molecule has 0 radical (unpaired) electrons. The number of hydrogen-bond acceptors (Lipinski definition) is 5. The number of carboxylic acid groups (broad SMARTS) is 1. The second-order valence-corrected chi connectivity index (χ2v) is 4.63. The number of rotatable bonds is 6. The Morgan fingerprint density at radius 3 is 2.67 bits per heavy atom. The molecule has 7 heteroatoms. The fraction of sp³-hybridized carbons (Fsp3) is 0.214. The minimum Gasteiger partial charge on any atom is -0.478 e. The Morgan fingerprint density at radius 2 is 2.05 bits per heavy atom. The lowest BCUT2D eigenvalue weighted by molar-refractivity contribution is 0.0697. The molecule has 0 aliphatic heterocycles. The Hall–Kier alpha value is -2.34. The quantitative estimate of drug-likeness (QED) is 0.798. The SMILES string of the molecule is COc1nc(Cl)cc(NCCc2ccc(C(=O)O)cc2)n1. The number of aromatic carboxylic acids is 1. The van der Waals surface area contributed by atoms with Gasteiger partial charge in [0.1, 0.15) is 11.0 Å². The number of carboxylic acids is 1. The summed E-state index contributed by atoms with van der Waals surface area (Å²) in [5, 5.41) is 12.2. The summed E-state index contributed by atoms with van der Waals surface area (Å²) in [7, 11) is 1.47. The Labute approximate surface area is 126 Å². The van der Waals surface area contributed by atoms with Gasteiger partial charge >= 0.3 is 12.0 Å². The number of aromatic nitrogens is 2. The van der Waals surface area contributed by atoms with Gasteiger partial charge in [-0.2, -0.15) is 9.97 Å². The van der Waals surface area contributed by atoms with Gasteiger partial charge in [-0.25, -0.2) is 4.79 Å². The zero-order valence-electron chi connectivity index (χ0n) is 11.3. The summed E-state index contributed by atoms with van der Waals surface area (Å²) in [4.78, 5) is 18.7. The zero-order valence-corrected chi connectivity index (χ0v) is 12.1. The van der Waals surface area contributed by atoms with Crippen LogP contribution in [0.2, 0.25) is 5.15 Å². The molecule has 2 N–H and O–H groups in total. The van der Waals surface area contributed by atoms with Crippen LogP contribution in [-0.2, 0) is 6.42 Å². The van der Waals surface area contributed by atoms with Gasteiger partial charge in [0.15, 0.2) is 0 Å². The van der Waals surface area contributed by atoms with E-state index in [9.17, 15) is 4.79 Å². The van der Waals surface area contributed by atoms with Crippen molar-refractivity contribution in [1.82, 2.24) is 9.97 Å². The summed E-state index contributed by atoms with van der Waals surface area (Å²) < 4.78 is 4.93. The summed E-state index contributed by atoms with van der Waals surface area (Å²) in [6.07, 6.45) is 0.726. The van der Waals surface area contributed by atoms with Crippen LogP contribution >= 0.6 is 11.6 Å². The highest BCUT2D eigenvalue weighted by Crippen LogP contribution is 2.15. The molecule has 0 saturated heterocycles. The number of nitrogens with zero attached hydrogens (tertiary/aromatic N) is 2.